The van der Waals surface area contributed by atoms with Crippen LogP contribution in [0.4, 0.5) is 0 Å². The number of amides is 1. The fourth-order valence-electron chi connectivity index (χ4n) is 1.37. The average molecular weight is 306 g/mol. The first-order chi connectivity index (χ1) is 7.41. The Morgan fingerprint density at radius 2 is 2.12 bits per heavy atom. The molecule has 88 valence electrons. The van der Waals surface area contributed by atoms with E-state index >= 15 is 0 Å². The third kappa shape index (κ3) is 3.47. The number of nitrogens with one attached hydrogen (secondary N) is 1. The molecule has 0 fully saturated rings. The van der Waals surface area contributed by atoms with E-state index in [0.29, 0.717) is 5.02 Å². The molecule has 0 heterocycles. The van der Waals surface area contributed by atoms with Crippen molar-refractivity contribution in [3.8, 4) is 0 Å². The van der Waals surface area contributed by atoms with E-state index in [1.807, 2.05) is 13.8 Å². The summed E-state index contributed by atoms with van der Waals surface area (Å²) in [4.78, 5) is 11.3. The highest BCUT2D eigenvalue weighted by Crippen LogP contribution is 2.26. The van der Waals surface area contributed by atoms with E-state index in [-0.39, 0.29) is 6.04 Å². The van der Waals surface area contributed by atoms with Gasteiger partial charge < -0.3 is 5.73 Å². The third-order valence-corrected chi connectivity index (χ3v) is 3.28. The zero-order valence-corrected chi connectivity index (χ0v) is 11.5. The number of carbonyl (C=O) groups is 1. The van der Waals surface area contributed by atoms with Gasteiger partial charge in [-0.25, -0.2) is 0 Å². The molecular formula is C11H14BrClN2O. The van der Waals surface area contributed by atoms with Gasteiger partial charge in [0, 0.05) is 10.5 Å². The molecule has 0 saturated carbocycles. The summed E-state index contributed by atoms with van der Waals surface area (Å²) >= 11 is 9.21. The summed E-state index contributed by atoms with van der Waals surface area (Å²) in [5, 5.41) is 3.71. The molecule has 0 aliphatic heterocycles. The molecule has 1 unspecified atom stereocenters. The van der Waals surface area contributed by atoms with Crippen molar-refractivity contribution in [2.75, 3.05) is 0 Å². The Hall–Kier alpha value is -0.580. The van der Waals surface area contributed by atoms with Crippen molar-refractivity contribution in [2.45, 2.75) is 25.9 Å². The molecular weight excluding hydrogens is 291 g/mol. The molecule has 1 atom stereocenters. The van der Waals surface area contributed by atoms with Crippen LogP contribution in [0.1, 0.15) is 25.5 Å². The van der Waals surface area contributed by atoms with Crippen molar-refractivity contribution in [3.63, 3.8) is 0 Å². The lowest BCUT2D eigenvalue weighted by Gasteiger charge is -2.19. The minimum absolute atomic E-state index is 0.173. The van der Waals surface area contributed by atoms with Crippen LogP contribution in [0.15, 0.2) is 22.7 Å². The van der Waals surface area contributed by atoms with Gasteiger partial charge >= 0.3 is 0 Å². The summed E-state index contributed by atoms with van der Waals surface area (Å²) < 4.78 is 0.753. The lowest BCUT2D eigenvalue weighted by Crippen LogP contribution is -2.37. The highest BCUT2D eigenvalue weighted by molar-refractivity contribution is 9.10. The molecule has 0 aromatic heterocycles. The normalized spacial score (nSPS) is 12.8. The van der Waals surface area contributed by atoms with Crippen molar-refractivity contribution in [1.29, 1.82) is 0 Å². The number of halogens is 2. The topological polar surface area (TPSA) is 55.1 Å². The number of hydrogen-bond acceptors (Lipinski definition) is 2. The fourth-order valence-corrected chi connectivity index (χ4v) is 1.88. The van der Waals surface area contributed by atoms with Crippen LogP contribution in [0.5, 0.6) is 0 Å². The SMILES string of the molecule is CC(C)NC(C(N)=O)c1ccc(Cl)c(Br)c1. The summed E-state index contributed by atoms with van der Waals surface area (Å²) in [6.07, 6.45) is 0. The maximum atomic E-state index is 11.3. The summed E-state index contributed by atoms with van der Waals surface area (Å²) in [5.74, 6) is -0.400. The Morgan fingerprint density at radius 1 is 1.50 bits per heavy atom. The first kappa shape index (κ1) is 13.5. The fraction of sp³-hybridized carbons (Fsp3) is 0.364. The van der Waals surface area contributed by atoms with Gasteiger partial charge in [0.05, 0.1) is 5.02 Å². The molecule has 0 saturated heterocycles. The van der Waals surface area contributed by atoms with Gasteiger partial charge in [0.2, 0.25) is 5.91 Å². The van der Waals surface area contributed by atoms with Crippen LogP contribution < -0.4 is 11.1 Å². The van der Waals surface area contributed by atoms with E-state index in [0.717, 1.165) is 10.0 Å². The molecule has 3 N–H and O–H groups in total. The second-order valence-electron chi connectivity index (χ2n) is 3.83. The van der Waals surface area contributed by atoms with Gasteiger partial charge in [0.15, 0.2) is 0 Å². The number of carbonyl (C=O) groups excluding carboxylic acids is 1. The van der Waals surface area contributed by atoms with Crippen LogP contribution in [0.3, 0.4) is 0 Å². The Balaban J connectivity index is 3.01. The molecule has 1 aromatic rings. The summed E-state index contributed by atoms with van der Waals surface area (Å²) in [7, 11) is 0. The highest BCUT2D eigenvalue weighted by Gasteiger charge is 2.18. The van der Waals surface area contributed by atoms with Gasteiger partial charge in [-0.05, 0) is 47.5 Å². The molecule has 16 heavy (non-hydrogen) atoms. The molecule has 0 bridgehead atoms. The summed E-state index contributed by atoms with van der Waals surface area (Å²) in [6.45, 7) is 3.92. The predicted molar refractivity (Wildman–Crippen MR) is 69.4 cm³/mol. The van der Waals surface area contributed by atoms with E-state index in [2.05, 4.69) is 21.2 Å². The zero-order chi connectivity index (χ0) is 12.3. The molecule has 0 aliphatic carbocycles. The molecule has 1 aromatic carbocycles. The smallest absolute Gasteiger partial charge is 0.239 e. The number of primary amides is 1. The molecule has 1 rings (SSSR count). The van der Waals surface area contributed by atoms with E-state index < -0.39 is 11.9 Å². The van der Waals surface area contributed by atoms with Gasteiger partial charge in [0.25, 0.3) is 0 Å². The van der Waals surface area contributed by atoms with E-state index in [1.165, 1.54) is 0 Å². The van der Waals surface area contributed by atoms with Crippen LogP contribution in [0.2, 0.25) is 5.02 Å². The molecule has 0 radical (unpaired) electrons. The summed E-state index contributed by atoms with van der Waals surface area (Å²) in [5.41, 5.74) is 6.16. The number of benzene rings is 1. The second kappa shape index (κ2) is 5.66. The molecule has 3 nitrogen and oxygen atoms in total. The van der Waals surface area contributed by atoms with Crippen molar-refractivity contribution in [3.05, 3.63) is 33.3 Å². The van der Waals surface area contributed by atoms with Gasteiger partial charge in [-0.3, -0.25) is 10.1 Å². The average Bonchev–Trinajstić information content (AvgIpc) is 2.18. The zero-order valence-electron chi connectivity index (χ0n) is 9.13. The Kier molecular flexibility index (Phi) is 4.77. The van der Waals surface area contributed by atoms with E-state index in [9.17, 15) is 4.79 Å². The lowest BCUT2D eigenvalue weighted by molar-refractivity contribution is -0.120. The van der Waals surface area contributed by atoms with Crippen molar-refractivity contribution in [1.82, 2.24) is 5.32 Å². The number of nitrogens with two attached hydrogens (primary N) is 1. The molecule has 1 amide bonds. The maximum absolute atomic E-state index is 11.3. The van der Waals surface area contributed by atoms with Crippen LogP contribution in [0, 0.1) is 0 Å². The van der Waals surface area contributed by atoms with Crippen molar-refractivity contribution >= 4 is 33.4 Å². The van der Waals surface area contributed by atoms with Crippen LogP contribution >= 0.6 is 27.5 Å². The van der Waals surface area contributed by atoms with E-state index in [4.69, 9.17) is 17.3 Å². The van der Waals surface area contributed by atoms with Crippen LogP contribution in [-0.2, 0) is 4.79 Å². The standard InChI is InChI=1S/C11H14BrClN2O/c1-6(2)15-10(11(14)16)7-3-4-9(13)8(12)5-7/h3-6,10,15H,1-2H3,(H2,14,16). The monoisotopic (exact) mass is 304 g/mol. The Morgan fingerprint density at radius 3 is 2.56 bits per heavy atom. The van der Waals surface area contributed by atoms with Crippen molar-refractivity contribution < 1.29 is 4.79 Å². The summed E-state index contributed by atoms with van der Waals surface area (Å²) in [6, 6.07) is 5.00. The number of rotatable bonds is 4. The molecule has 5 heteroatoms. The lowest BCUT2D eigenvalue weighted by atomic mass is 10.1. The largest absolute Gasteiger partial charge is 0.368 e. The van der Waals surface area contributed by atoms with Crippen molar-refractivity contribution in [2.24, 2.45) is 5.73 Å². The van der Waals surface area contributed by atoms with E-state index in [1.54, 1.807) is 18.2 Å². The number of hydrogen-bond donors (Lipinski definition) is 2. The minimum Gasteiger partial charge on any atom is -0.368 e. The van der Waals surface area contributed by atoms with Gasteiger partial charge in [-0.1, -0.05) is 17.7 Å². The Labute approximate surface area is 108 Å². The first-order valence-electron chi connectivity index (χ1n) is 4.92. The minimum atomic E-state index is -0.492. The first-order valence-corrected chi connectivity index (χ1v) is 6.09. The van der Waals surface area contributed by atoms with Crippen LogP contribution in [0.25, 0.3) is 0 Å². The second-order valence-corrected chi connectivity index (χ2v) is 5.09. The third-order valence-electron chi connectivity index (χ3n) is 2.06. The van der Waals surface area contributed by atoms with Gasteiger partial charge in [-0.15, -0.1) is 0 Å². The highest BCUT2D eigenvalue weighted by atomic mass is 79.9. The maximum Gasteiger partial charge on any atom is 0.239 e. The van der Waals surface area contributed by atoms with Gasteiger partial charge in [0.1, 0.15) is 6.04 Å². The molecule has 0 aliphatic rings. The Bertz CT molecular complexity index is 396. The van der Waals surface area contributed by atoms with Crippen LogP contribution in [-0.4, -0.2) is 11.9 Å². The van der Waals surface area contributed by atoms with Gasteiger partial charge in [-0.2, -0.15) is 0 Å². The quantitative estimate of drug-likeness (QED) is 0.898. The predicted octanol–water partition coefficient (Wildman–Crippen LogP) is 2.63. The molecule has 0 spiro atoms.